The van der Waals surface area contributed by atoms with Gasteiger partial charge in [0.15, 0.2) is 0 Å². The highest BCUT2D eigenvalue weighted by molar-refractivity contribution is 7.80. The van der Waals surface area contributed by atoms with Crippen molar-refractivity contribution in [3.8, 4) is 11.8 Å². The van der Waals surface area contributed by atoms with Crippen LogP contribution in [0.4, 0.5) is 10.1 Å². The zero-order valence-electron chi connectivity index (χ0n) is 7.97. The number of hydrogen-bond donors (Lipinski definition) is 2. The number of nitrogens with two attached hydrogens (primary N) is 1. The molecule has 0 heterocycles. The van der Waals surface area contributed by atoms with E-state index in [1.807, 2.05) is 6.92 Å². The fourth-order valence-corrected chi connectivity index (χ4v) is 1.12. The topological polar surface area (TPSA) is 26.0 Å². The van der Waals surface area contributed by atoms with Crippen LogP contribution in [0.1, 0.15) is 17.5 Å². The molecule has 0 bridgehead atoms. The molecule has 14 heavy (non-hydrogen) atoms. The van der Waals surface area contributed by atoms with Gasteiger partial charge >= 0.3 is 0 Å². The van der Waals surface area contributed by atoms with Gasteiger partial charge < -0.3 is 5.73 Å². The minimum Gasteiger partial charge on any atom is -0.398 e. The Balaban J connectivity index is 3.00. The van der Waals surface area contributed by atoms with Crippen molar-refractivity contribution in [3.63, 3.8) is 0 Å². The number of thiol groups is 1. The Hall–Kier alpha value is -1.14. The third-order valence-corrected chi connectivity index (χ3v) is 2.04. The summed E-state index contributed by atoms with van der Waals surface area (Å²) >= 11 is 4.01. The molecule has 0 saturated carbocycles. The summed E-state index contributed by atoms with van der Waals surface area (Å²) < 4.78 is 13.3. The first kappa shape index (κ1) is 10.9. The van der Waals surface area contributed by atoms with Crippen LogP contribution in [0.3, 0.4) is 0 Å². The maximum atomic E-state index is 13.3. The van der Waals surface area contributed by atoms with E-state index in [-0.39, 0.29) is 5.82 Å². The van der Waals surface area contributed by atoms with E-state index < -0.39 is 0 Å². The molecule has 2 N–H and O–H groups in total. The molecule has 1 nitrogen and oxygen atoms in total. The van der Waals surface area contributed by atoms with Gasteiger partial charge in [-0.15, -0.1) is 0 Å². The van der Waals surface area contributed by atoms with Crippen molar-refractivity contribution in [2.45, 2.75) is 13.3 Å². The minimum atomic E-state index is -0.361. The van der Waals surface area contributed by atoms with E-state index in [0.29, 0.717) is 23.4 Å². The Morgan fingerprint density at radius 1 is 1.50 bits per heavy atom. The molecule has 0 spiro atoms. The number of hydrogen-bond acceptors (Lipinski definition) is 2. The molecule has 1 aromatic rings. The normalized spacial score (nSPS) is 9.36. The number of aryl methyl sites for hydroxylation is 1. The van der Waals surface area contributed by atoms with Gasteiger partial charge in [-0.1, -0.05) is 11.8 Å². The number of benzene rings is 1. The van der Waals surface area contributed by atoms with E-state index >= 15 is 0 Å². The first-order valence-electron chi connectivity index (χ1n) is 4.30. The Morgan fingerprint density at radius 2 is 2.21 bits per heavy atom. The Morgan fingerprint density at radius 3 is 2.86 bits per heavy atom. The highest BCUT2D eigenvalue weighted by Crippen LogP contribution is 2.16. The third kappa shape index (κ3) is 2.68. The van der Waals surface area contributed by atoms with E-state index in [2.05, 4.69) is 24.5 Å². The maximum absolute atomic E-state index is 13.3. The van der Waals surface area contributed by atoms with Gasteiger partial charge in [-0.25, -0.2) is 4.39 Å². The second kappa shape index (κ2) is 4.92. The lowest BCUT2D eigenvalue weighted by molar-refractivity contribution is 0.624. The van der Waals surface area contributed by atoms with Crippen molar-refractivity contribution in [2.24, 2.45) is 0 Å². The smallest absolute Gasteiger partial charge is 0.140 e. The molecule has 0 amide bonds. The molecule has 0 fully saturated rings. The van der Waals surface area contributed by atoms with Crippen molar-refractivity contribution in [2.75, 3.05) is 11.5 Å². The van der Waals surface area contributed by atoms with Crippen LogP contribution in [-0.4, -0.2) is 5.75 Å². The Bertz CT molecular complexity index is 390. The molecule has 3 heteroatoms. The van der Waals surface area contributed by atoms with Crippen molar-refractivity contribution >= 4 is 18.3 Å². The summed E-state index contributed by atoms with van der Waals surface area (Å²) in [7, 11) is 0. The molecule has 0 radical (unpaired) electrons. The van der Waals surface area contributed by atoms with Crippen LogP contribution < -0.4 is 5.73 Å². The summed E-state index contributed by atoms with van der Waals surface area (Å²) in [5.74, 6) is 5.91. The SMILES string of the molecule is Cc1cc(C#CCCS)c(F)cc1N. The first-order valence-corrected chi connectivity index (χ1v) is 4.93. The van der Waals surface area contributed by atoms with Gasteiger partial charge in [0.25, 0.3) is 0 Å². The lowest BCUT2D eigenvalue weighted by Gasteiger charge is -2.01. The second-order valence-electron chi connectivity index (χ2n) is 2.96. The minimum absolute atomic E-state index is 0.361. The van der Waals surface area contributed by atoms with E-state index in [1.165, 1.54) is 6.07 Å². The molecule has 74 valence electrons. The van der Waals surface area contributed by atoms with Gasteiger partial charge in [-0.05, 0) is 24.6 Å². The first-order chi connectivity index (χ1) is 6.65. The molecule has 1 rings (SSSR count). The molecular formula is C11H12FNS. The number of rotatable bonds is 1. The third-order valence-electron chi connectivity index (χ3n) is 1.82. The molecule has 0 unspecified atom stereocenters. The standard InChI is InChI=1S/C11H12FNS/c1-8-6-9(4-2-3-5-14)10(12)7-11(8)13/h6-7,14H,3,5,13H2,1H3. The summed E-state index contributed by atoms with van der Waals surface area (Å²) in [6.07, 6.45) is 0.659. The highest BCUT2D eigenvalue weighted by atomic mass is 32.1. The molecular weight excluding hydrogens is 197 g/mol. The maximum Gasteiger partial charge on any atom is 0.140 e. The predicted molar refractivity (Wildman–Crippen MR) is 60.9 cm³/mol. The van der Waals surface area contributed by atoms with Gasteiger partial charge in [0, 0.05) is 17.9 Å². The zero-order valence-corrected chi connectivity index (χ0v) is 8.87. The van der Waals surface area contributed by atoms with Crippen LogP contribution >= 0.6 is 12.6 Å². The number of halogens is 1. The van der Waals surface area contributed by atoms with Crippen molar-refractivity contribution < 1.29 is 4.39 Å². The number of nitrogen functional groups attached to an aromatic ring is 1. The lowest BCUT2D eigenvalue weighted by atomic mass is 10.1. The average molecular weight is 209 g/mol. The average Bonchev–Trinajstić information content (AvgIpc) is 2.14. The molecule has 0 aliphatic heterocycles. The largest absolute Gasteiger partial charge is 0.398 e. The quantitative estimate of drug-likeness (QED) is 0.414. The van der Waals surface area contributed by atoms with Gasteiger partial charge in [0.05, 0.1) is 5.56 Å². The van der Waals surface area contributed by atoms with Crippen LogP contribution in [0.15, 0.2) is 12.1 Å². The Kier molecular flexibility index (Phi) is 3.84. The van der Waals surface area contributed by atoms with Crippen molar-refractivity contribution in [3.05, 3.63) is 29.1 Å². The fourth-order valence-electron chi connectivity index (χ4n) is 1.01. The summed E-state index contributed by atoms with van der Waals surface area (Å²) in [5, 5.41) is 0. The lowest BCUT2D eigenvalue weighted by Crippen LogP contribution is -1.93. The second-order valence-corrected chi connectivity index (χ2v) is 3.41. The van der Waals surface area contributed by atoms with Crippen LogP contribution in [0.25, 0.3) is 0 Å². The van der Waals surface area contributed by atoms with Crippen molar-refractivity contribution in [1.82, 2.24) is 0 Å². The van der Waals surface area contributed by atoms with Gasteiger partial charge in [-0.2, -0.15) is 12.6 Å². The van der Waals surface area contributed by atoms with Crippen molar-refractivity contribution in [1.29, 1.82) is 0 Å². The van der Waals surface area contributed by atoms with E-state index in [9.17, 15) is 4.39 Å². The summed E-state index contributed by atoms with van der Waals surface area (Å²) in [4.78, 5) is 0. The van der Waals surface area contributed by atoms with Crippen LogP contribution in [0.5, 0.6) is 0 Å². The number of anilines is 1. The van der Waals surface area contributed by atoms with Gasteiger partial charge in [-0.3, -0.25) is 0 Å². The van der Waals surface area contributed by atoms with Gasteiger partial charge in [0.2, 0.25) is 0 Å². The van der Waals surface area contributed by atoms with Crippen LogP contribution in [0.2, 0.25) is 0 Å². The highest BCUT2D eigenvalue weighted by Gasteiger charge is 2.02. The molecule has 0 aliphatic carbocycles. The monoisotopic (exact) mass is 209 g/mol. The Labute approximate surface area is 88.9 Å². The molecule has 0 aromatic heterocycles. The van der Waals surface area contributed by atoms with Crippen LogP contribution in [-0.2, 0) is 0 Å². The summed E-state index contributed by atoms with van der Waals surface area (Å²) in [6.45, 7) is 1.83. The summed E-state index contributed by atoms with van der Waals surface area (Å²) in [5.41, 5.74) is 7.25. The zero-order chi connectivity index (χ0) is 10.6. The van der Waals surface area contributed by atoms with E-state index in [1.54, 1.807) is 6.07 Å². The van der Waals surface area contributed by atoms with E-state index in [0.717, 1.165) is 5.56 Å². The molecule has 0 atom stereocenters. The molecule has 1 aromatic carbocycles. The summed E-state index contributed by atoms with van der Waals surface area (Å²) in [6, 6.07) is 2.97. The predicted octanol–water partition coefficient (Wildman–Crippen LogP) is 2.39. The van der Waals surface area contributed by atoms with Crippen LogP contribution in [0, 0.1) is 24.6 Å². The van der Waals surface area contributed by atoms with E-state index in [4.69, 9.17) is 5.73 Å². The molecule has 0 saturated heterocycles. The molecule has 0 aliphatic rings. The fraction of sp³-hybridized carbons (Fsp3) is 0.273. The van der Waals surface area contributed by atoms with Gasteiger partial charge in [0.1, 0.15) is 5.82 Å².